The van der Waals surface area contributed by atoms with Crippen LogP contribution in [0.15, 0.2) is 17.5 Å². The highest BCUT2D eigenvalue weighted by atomic mass is 32.1. The van der Waals surface area contributed by atoms with E-state index >= 15 is 0 Å². The number of fused-ring (bicyclic) bond motifs is 3. The summed E-state index contributed by atoms with van der Waals surface area (Å²) in [6.07, 6.45) is 2.48. The predicted molar refractivity (Wildman–Crippen MR) is 90.8 cm³/mol. The third kappa shape index (κ3) is 2.03. The lowest BCUT2D eigenvalue weighted by Gasteiger charge is -2.14. The summed E-state index contributed by atoms with van der Waals surface area (Å²) in [5.74, 6) is 1.92. The van der Waals surface area contributed by atoms with Gasteiger partial charge in [0.1, 0.15) is 5.75 Å². The van der Waals surface area contributed by atoms with Crippen LogP contribution >= 0.6 is 35.3 Å². The van der Waals surface area contributed by atoms with Crippen molar-refractivity contribution in [1.29, 1.82) is 0 Å². The number of hydrogen-bond donors (Lipinski definition) is 1. The molecule has 2 aromatic heterocycles. The number of aromatic nitrogens is 1. The minimum absolute atomic E-state index is 0.323. The van der Waals surface area contributed by atoms with Crippen molar-refractivity contribution in [2.75, 3.05) is 12.4 Å². The van der Waals surface area contributed by atoms with Gasteiger partial charge in [0.2, 0.25) is 0 Å². The average Bonchev–Trinajstić information content (AvgIpc) is 2.88. The Morgan fingerprint density at radius 3 is 3.05 bits per heavy atom. The highest BCUT2D eigenvalue weighted by Gasteiger charge is 2.42. The van der Waals surface area contributed by atoms with Crippen molar-refractivity contribution in [2.24, 2.45) is 5.41 Å². The number of nitrogens with zero attached hydrogens (tertiary/aromatic N) is 1. The van der Waals surface area contributed by atoms with Gasteiger partial charge in [-0.2, -0.15) is 12.6 Å². The molecule has 20 heavy (non-hydrogen) atoms. The molecule has 1 aromatic carbocycles. The normalized spacial score (nSPS) is 16.9. The summed E-state index contributed by atoms with van der Waals surface area (Å²) in [5.41, 5.74) is 1.45. The maximum absolute atomic E-state index is 6.15. The molecule has 1 fully saturated rings. The topological polar surface area (TPSA) is 22.1 Å². The molecule has 0 aliphatic heterocycles. The van der Waals surface area contributed by atoms with E-state index < -0.39 is 0 Å². The summed E-state index contributed by atoms with van der Waals surface area (Å²) in [6.45, 7) is 2.84. The van der Waals surface area contributed by atoms with Crippen molar-refractivity contribution in [3.05, 3.63) is 22.5 Å². The second-order valence-electron chi connectivity index (χ2n) is 5.56. The van der Waals surface area contributed by atoms with Crippen LogP contribution in [-0.2, 0) is 0 Å². The molecule has 1 saturated carbocycles. The fourth-order valence-electron chi connectivity index (χ4n) is 2.46. The van der Waals surface area contributed by atoms with Gasteiger partial charge >= 0.3 is 0 Å². The summed E-state index contributed by atoms with van der Waals surface area (Å²) in [6, 6.07) is 4.30. The van der Waals surface area contributed by atoms with E-state index in [2.05, 4.69) is 42.0 Å². The van der Waals surface area contributed by atoms with E-state index in [9.17, 15) is 0 Å². The van der Waals surface area contributed by atoms with Crippen molar-refractivity contribution >= 4 is 55.6 Å². The van der Waals surface area contributed by atoms with Gasteiger partial charge < -0.3 is 4.74 Å². The SMILES string of the molecule is Cc1nc2c(cc(OCC3(CS)CC3)c3ccsc32)s1. The van der Waals surface area contributed by atoms with Gasteiger partial charge in [0, 0.05) is 16.9 Å². The quantitative estimate of drug-likeness (QED) is 0.690. The van der Waals surface area contributed by atoms with Gasteiger partial charge in [-0.1, -0.05) is 0 Å². The first-order chi connectivity index (χ1) is 9.71. The molecular weight excluding hydrogens is 306 g/mol. The lowest BCUT2D eigenvalue weighted by Crippen LogP contribution is -2.14. The van der Waals surface area contributed by atoms with Crippen molar-refractivity contribution in [3.8, 4) is 5.75 Å². The lowest BCUT2D eigenvalue weighted by molar-refractivity contribution is 0.254. The number of aryl methyl sites for hydroxylation is 1. The summed E-state index contributed by atoms with van der Waals surface area (Å²) < 4.78 is 8.62. The van der Waals surface area contributed by atoms with Crippen LogP contribution in [0.5, 0.6) is 5.75 Å². The first-order valence-corrected chi connectivity index (χ1v) is 9.05. The monoisotopic (exact) mass is 321 g/mol. The van der Waals surface area contributed by atoms with E-state index in [1.165, 1.54) is 27.6 Å². The van der Waals surface area contributed by atoms with Crippen molar-refractivity contribution in [1.82, 2.24) is 4.98 Å². The molecule has 2 heterocycles. The minimum atomic E-state index is 0.323. The Morgan fingerprint density at radius 2 is 2.30 bits per heavy atom. The number of thiophene rings is 1. The highest BCUT2D eigenvalue weighted by Crippen LogP contribution is 2.47. The third-order valence-electron chi connectivity index (χ3n) is 3.99. The number of thiazole rings is 1. The maximum atomic E-state index is 6.15. The second kappa shape index (κ2) is 4.61. The second-order valence-corrected chi connectivity index (χ2v) is 8.03. The lowest BCUT2D eigenvalue weighted by atomic mass is 10.1. The molecule has 104 valence electrons. The zero-order chi connectivity index (χ0) is 13.7. The predicted octanol–water partition coefficient (Wildman–Crippen LogP) is 4.91. The zero-order valence-corrected chi connectivity index (χ0v) is 13.7. The van der Waals surface area contributed by atoms with Crippen LogP contribution < -0.4 is 4.74 Å². The summed E-state index contributed by atoms with van der Waals surface area (Å²) in [4.78, 5) is 4.65. The van der Waals surface area contributed by atoms with Crippen LogP contribution in [0.4, 0.5) is 0 Å². The molecule has 2 nitrogen and oxygen atoms in total. The van der Waals surface area contributed by atoms with E-state index in [4.69, 9.17) is 4.74 Å². The van der Waals surface area contributed by atoms with Crippen LogP contribution in [0.1, 0.15) is 17.8 Å². The first kappa shape index (κ1) is 12.9. The first-order valence-electron chi connectivity index (χ1n) is 6.72. The Kier molecular flexibility index (Phi) is 2.98. The van der Waals surface area contributed by atoms with Crippen molar-refractivity contribution in [2.45, 2.75) is 19.8 Å². The Hall–Kier alpha value is -0.780. The molecule has 0 radical (unpaired) electrons. The number of hydrogen-bond acceptors (Lipinski definition) is 5. The fraction of sp³-hybridized carbons (Fsp3) is 0.400. The molecular formula is C15H15NOS3. The fourth-order valence-corrected chi connectivity index (χ4v) is 4.70. The molecule has 1 aliphatic rings. The Labute approximate surface area is 131 Å². The van der Waals surface area contributed by atoms with Crippen molar-refractivity contribution < 1.29 is 4.74 Å². The molecule has 0 amide bonds. The van der Waals surface area contributed by atoms with Gasteiger partial charge in [0.25, 0.3) is 0 Å². The van der Waals surface area contributed by atoms with Crippen LogP contribution in [0.3, 0.4) is 0 Å². The molecule has 5 heteroatoms. The van der Waals surface area contributed by atoms with Crippen LogP contribution in [0, 0.1) is 12.3 Å². The van der Waals surface area contributed by atoms with Gasteiger partial charge in [0.05, 0.1) is 26.5 Å². The van der Waals surface area contributed by atoms with Crippen LogP contribution in [0.25, 0.3) is 20.3 Å². The molecule has 1 aliphatic carbocycles. The van der Waals surface area contributed by atoms with Gasteiger partial charge in [-0.05, 0) is 37.0 Å². The van der Waals surface area contributed by atoms with Gasteiger partial charge in [-0.15, -0.1) is 22.7 Å². The molecule has 4 rings (SSSR count). The van der Waals surface area contributed by atoms with Crippen molar-refractivity contribution in [3.63, 3.8) is 0 Å². The Bertz CT molecular complexity index is 785. The van der Waals surface area contributed by atoms with E-state index in [0.29, 0.717) is 5.41 Å². The average molecular weight is 321 g/mol. The largest absolute Gasteiger partial charge is 0.492 e. The highest BCUT2D eigenvalue weighted by molar-refractivity contribution is 7.80. The number of thiol groups is 1. The van der Waals surface area contributed by atoms with E-state index in [1.807, 2.05) is 0 Å². The Balaban J connectivity index is 1.78. The van der Waals surface area contributed by atoms with Crippen LogP contribution in [-0.4, -0.2) is 17.3 Å². The molecule has 0 saturated heterocycles. The minimum Gasteiger partial charge on any atom is -0.492 e. The molecule has 0 spiro atoms. The summed E-state index contributed by atoms with van der Waals surface area (Å²) >= 11 is 7.94. The zero-order valence-electron chi connectivity index (χ0n) is 11.2. The van der Waals surface area contributed by atoms with E-state index in [1.54, 1.807) is 22.7 Å². The number of benzene rings is 1. The number of rotatable bonds is 4. The smallest absolute Gasteiger partial charge is 0.129 e. The molecule has 0 unspecified atom stereocenters. The molecule has 3 aromatic rings. The van der Waals surface area contributed by atoms with Gasteiger partial charge in [0.15, 0.2) is 0 Å². The molecule has 0 bridgehead atoms. The van der Waals surface area contributed by atoms with E-state index in [-0.39, 0.29) is 0 Å². The standard InChI is InChI=1S/C15H15NOS3/c1-9-16-13-12(20-9)6-11(10-2-5-19-14(10)13)17-7-15(8-18)3-4-15/h2,5-6,18H,3-4,7-8H2,1H3. The van der Waals surface area contributed by atoms with E-state index in [0.717, 1.165) is 28.6 Å². The number of ether oxygens (including phenoxy) is 1. The Morgan fingerprint density at radius 1 is 1.45 bits per heavy atom. The summed E-state index contributed by atoms with van der Waals surface area (Å²) in [7, 11) is 0. The molecule has 0 N–H and O–H groups in total. The maximum Gasteiger partial charge on any atom is 0.129 e. The molecule has 0 atom stereocenters. The summed E-state index contributed by atoms with van der Waals surface area (Å²) in [5, 5.41) is 4.43. The van der Waals surface area contributed by atoms with Gasteiger partial charge in [-0.3, -0.25) is 0 Å². The van der Waals surface area contributed by atoms with Crippen LogP contribution in [0.2, 0.25) is 0 Å². The van der Waals surface area contributed by atoms with Gasteiger partial charge in [-0.25, -0.2) is 4.98 Å². The third-order valence-corrected chi connectivity index (χ3v) is 6.50.